The van der Waals surface area contributed by atoms with E-state index in [0.29, 0.717) is 6.54 Å². The van der Waals surface area contributed by atoms with Gasteiger partial charge in [0.1, 0.15) is 4.90 Å². The zero-order valence-corrected chi connectivity index (χ0v) is 16.3. The number of benzene rings is 2. The summed E-state index contributed by atoms with van der Waals surface area (Å²) in [6.45, 7) is 0.535. The van der Waals surface area contributed by atoms with E-state index in [2.05, 4.69) is 5.32 Å². The van der Waals surface area contributed by atoms with Crippen LogP contribution in [0, 0.1) is 0 Å². The molecule has 27 heavy (non-hydrogen) atoms. The fourth-order valence-electron chi connectivity index (χ4n) is 2.80. The molecule has 0 saturated heterocycles. The number of amides is 2. The quantitative estimate of drug-likeness (QED) is 0.540. The molecule has 8 heteroatoms. The predicted molar refractivity (Wildman–Crippen MR) is 104 cm³/mol. The van der Waals surface area contributed by atoms with Crippen molar-refractivity contribution in [1.82, 2.24) is 9.62 Å². The van der Waals surface area contributed by atoms with Gasteiger partial charge < -0.3 is 5.32 Å². The maximum absolute atomic E-state index is 12.4. The lowest BCUT2D eigenvalue weighted by molar-refractivity contribution is -0.121. The lowest BCUT2D eigenvalue weighted by Crippen LogP contribution is -2.32. The summed E-state index contributed by atoms with van der Waals surface area (Å²) < 4.78 is 25.7. The Labute approximate surface area is 163 Å². The maximum Gasteiger partial charge on any atom is 0.269 e. The van der Waals surface area contributed by atoms with E-state index in [9.17, 15) is 18.0 Å². The molecule has 1 aliphatic heterocycles. The summed E-state index contributed by atoms with van der Waals surface area (Å²) in [5.74, 6) is 0.0832. The van der Waals surface area contributed by atoms with Crippen LogP contribution in [0.25, 0.3) is 0 Å². The zero-order chi connectivity index (χ0) is 19.3. The number of hydrogen-bond donors (Lipinski definition) is 1. The fourth-order valence-corrected chi connectivity index (χ4v) is 5.20. The molecule has 6 nitrogen and oxygen atoms in total. The lowest BCUT2D eigenvalue weighted by atomic mass is 10.2. The second-order valence-electron chi connectivity index (χ2n) is 5.99. The number of nitrogens with zero attached hydrogens (tertiary/aromatic N) is 1. The largest absolute Gasteiger partial charge is 0.355 e. The van der Waals surface area contributed by atoms with Gasteiger partial charge in [0, 0.05) is 30.2 Å². The minimum Gasteiger partial charge on any atom is -0.355 e. The first-order valence-corrected chi connectivity index (χ1v) is 11.0. The summed E-state index contributed by atoms with van der Waals surface area (Å²) in [4.78, 5) is 25.4. The van der Waals surface area contributed by atoms with E-state index in [-0.39, 0.29) is 35.8 Å². The second-order valence-corrected chi connectivity index (χ2v) is 8.99. The summed E-state index contributed by atoms with van der Waals surface area (Å²) in [6.07, 6.45) is 0.461. The van der Waals surface area contributed by atoms with Gasteiger partial charge in [-0.1, -0.05) is 30.3 Å². The van der Waals surface area contributed by atoms with Crippen LogP contribution in [-0.2, 0) is 14.8 Å². The molecule has 1 heterocycles. The minimum atomic E-state index is -3.80. The van der Waals surface area contributed by atoms with E-state index in [1.54, 1.807) is 23.9 Å². The average Bonchev–Trinajstić information content (AvgIpc) is 2.87. The van der Waals surface area contributed by atoms with Crippen LogP contribution in [0.5, 0.6) is 0 Å². The summed E-state index contributed by atoms with van der Waals surface area (Å²) >= 11 is 1.65. The lowest BCUT2D eigenvalue weighted by Gasteiger charge is -2.14. The molecule has 2 amide bonds. The molecule has 2 aromatic rings. The van der Waals surface area contributed by atoms with Crippen molar-refractivity contribution in [1.29, 1.82) is 0 Å². The van der Waals surface area contributed by atoms with E-state index < -0.39 is 15.9 Å². The van der Waals surface area contributed by atoms with Crippen molar-refractivity contribution in [2.24, 2.45) is 0 Å². The summed E-state index contributed by atoms with van der Waals surface area (Å²) in [6, 6.07) is 16.1. The molecular formula is C19H20N2O4S2. The number of sulfonamides is 1. The number of hydrogen-bond acceptors (Lipinski definition) is 5. The molecule has 0 unspecified atom stereocenters. The smallest absolute Gasteiger partial charge is 0.269 e. The molecule has 0 spiro atoms. The van der Waals surface area contributed by atoms with E-state index in [0.717, 1.165) is 15.0 Å². The predicted octanol–water partition coefficient (Wildman–Crippen LogP) is 2.52. The van der Waals surface area contributed by atoms with Gasteiger partial charge in [0.25, 0.3) is 15.9 Å². The van der Waals surface area contributed by atoms with E-state index in [1.807, 2.05) is 30.3 Å². The topological polar surface area (TPSA) is 83.6 Å². The SMILES string of the molecule is O=C(CCCN1C(=O)c2ccccc2S1(=O)=O)NCCSc1ccccc1. The normalized spacial score (nSPS) is 14.8. The van der Waals surface area contributed by atoms with Gasteiger partial charge in [-0.3, -0.25) is 9.59 Å². The van der Waals surface area contributed by atoms with Crippen LogP contribution >= 0.6 is 11.8 Å². The van der Waals surface area contributed by atoms with Crippen molar-refractivity contribution in [3.63, 3.8) is 0 Å². The van der Waals surface area contributed by atoms with E-state index >= 15 is 0 Å². The highest BCUT2D eigenvalue weighted by Crippen LogP contribution is 2.29. The molecule has 0 radical (unpaired) electrons. The van der Waals surface area contributed by atoms with Crippen LogP contribution in [-0.4, -0.2) is 43.4 Å². The number of carbonyl (C=O) groups is 2. The van der Waals surface area contributed by atoms with Crippen LogP contribution in [0.15, 0.2) is 64.4 Å². The molecule has 0 fully saturated rings. The average molecular weight is 405 g/mol. The molecule has 0 aliphatic carbocycles. The standard InChI is InChI=1S/C19H20N2O4S2/c22-18(20-12-14-26-15-7-2-1-3-8-15)11-6-13-21-19(23)16-9-4-5-10-17(16)27(21,24)25/h1-5,7-10H,6,11-14H2,(H,20,22). The van der Waals surface area contributed by atoms with Crippen LogP contribution in [0.4, 0.5) is 0 Å². The third-order valence-electron chi connectivity index (χ3n) is 4.11. The summed E-state index contributed by atoms with van der Waals surface area (Å²) in [5.41, 5.74) is 0.194. The van der Waals surface area contributed by atoms with Crippen molar-refractivity contribution < 1.29 is 18.0 Å². The van der Waals surface area contributed by atoms with Crippen LogP contribution in [0.2, 0.25) is 0 Å². The fraction of sp³-hybridized carbons (Fsp3) is 0.263. The van der Waals surface area contributed by atoms with Gasteiger partial charge in [0.2, 0.25) is 5.91 Å². The molecule has 0 aromatic heterocycles. The van der Waals surface area contributed by atoms with Gasteiger partial charge >= 0.3 is 0 Å². The van der Waals surface area contributed by atoms with E-state index in [1.165, 1.54) is 12.1 Å². The monoisotopic (exact) mass is 404 g/mol. The van der Waals surface area contributed by atoms with Crippen LogP contribution < -0.4 is 5.32 Å². The zero-order valence-electron chi connectivity index (χ0n) is 14.6. The van der Waals surface area contributed by atoms with Crippen molar-refractivity contribution >= 4 is 33.6 Å². The van der Waals surface area contributed by atoms with Crippen molar-refractivity contribution in [3.05, 3.63) is 60.2 Å². The molecular weight excluding hydrogens is 384 g/mol. The molecule has 142 valence electrons. The van der Waals surface area contributed by atoms with Crippen molar-refractivity contribution in [2.75, 3.05) is 18.8 Å². The molecule has 1 aliphatic rings. The Morgan fingerprint density at radius 3 is 2.48 bits per heavy atom. The first-order chi connectivity index (χ1) is 13.0. The van der Waals surface area contributed by atoms with Gasteiger partial charge in [-0.15, -0.1) is 11.8 Å². The third-order valence-corrected chi connectivity index (χ3v) is 6.97. The molecule has 1 N–H and O–H groups in total. The first kappa shape index (κ1) is 19.4. The minimum absolute atomic E-state index is 0.00202. The highest BCUT2D eigenvalue weighted by atomic mass is 32.2. The van der Waals surface area contributed by atoms with Gasteiger partial charge in [0.15, 0.2) is 0 Å². The number of fused-ring (bicyclic) bond motifs is 1. The Balaban J connectivity index is 1.41. The Morgan fingerprint density at radius 1 is 1.04 bits per heavy atom. The highest BCUT2D eigenvalue weighted by molar-refractivity contribution is 7.99. The Bertz CT molecular complexity index is 930. The van der Waals surface area contributed by atoms with Gasteiger partial charge in [-0.2, -0.15) is 0 Å². The molecule has 0 atom stereocenters. The van der Waals surface area contributed by atoms with Crippen molar-refractivity contribution in [2.45, 2.75) is 22.6 Å². The molecule has 2 aromatic carbocycles. The van der Waals surface area contributed by atoms with Gasteiger partial charge in [-0.25, -0.2) is 12.7 Å². The third kappa shape index (κ3) is 4.51. The summed E-state index contributed by atoms with van der Waals surface area (Å²) in [7, 11) is -3.80. The van der Waals surface area contributed by atoms with Gasteiger partial charge in [-0.05, 0) is 30.7 Å². The first-order valence-electron chi connectivity index (χ1n) is 8.61. The highest BCUT2D eigenvalue weighted by Gasteiger charge is 2.40. The number of rotatable bonds is 8. The van der Waals surface area contributed by atoms with Crippen LogP contribution in [0.1, 0.15) is 23.2 Å². The van der Waals surface area contributed by atoms with E-state index in [4.69, 9.17) is 0 Å². The van der Waals surface area contributed by atoms with Gasteiger partial charge in [0.05, 0.1) is 5.56 Å². The molecule has 0 saturated carbocycles. The molecule has 0 bridgehead atoms. The number of thioether (sulfide) groups is 1. The Kier molecular flexibility index (Phi) is 6.18. The molecule has 3 rings (SSSR count). The van der Waals surface area contributed by atoms with Crippen LogP contribution in [0.3, 0.4) is 0 Å². The Morgan fingerprint density at radius 2 is 1.74 bits per heavy atom. The maximum atomic E-state index is 12.4. The number of nitrogens with one attached hydrogen (secondary N) is 1. The Hall–Kier alpha value is -2.32. The second kappa shape index (κ2) is 8.58. The number of carbonyl (C=O) groups excluding carboxylic acids is 2. The summed E-state index contributed by atoms with van der Waals surface area (Å²) in [5, 5.41) is 2.81. The van der Waals surface area contributed by atoms with Crippen molar-refractivity contribution in [3.8, 4) is 0 Å².